The number of benzene rings is 3. The van der Waals surface area contributed by atoms with Crippen LogP contribution in [-0.4, -0.2) is 27.0 Å². The highest BCUT2D eigenvalue weighted by atomic mass is 32.2. The van der Waals surface area contributed by atoms with Gasteiger partial charge in [-0.1, -0.05) is 18.2 Å². The topological polar surface area (TPSA) is 133 Å². The van der Waals surface area contributed by atoms with E-state index in [1.165, 1.54) is 60.7 Å². The van der Waals surface area contributed by atoms with Crippen molar-refractivity contribution in [3.8, 4) is 11.5 Å². The van der Waals surface area contributed by atoms with Crippen LogP contribution in [0.25, 0.3) is 0 Å². The first kappa shape index (κ1) is 19.5. The predicted molar refractivity (Wildman–Crippen MR) is 104 cm³/mol. The molecule has 0 aliphatic carbocycles. The van der Waals surface area contributed by atoms with Gasteiger partial charge in [0.2, 0.25) is 0 Å². The molecule has 3 aromatic carbocycles. The van der Waals surface area contributed by atoms with Gasteiger partial charge in [-0.25, -0.2) is 16.8 Å². The van der Waals surface area contributed by atoms with Gasteiger partial charge in [-0.2, -0.15) is 0 Å². The van der Waals surface area contributed by atoms with Crippen molar-refractivity contribution in [1.29, 1.82) is 0 Å². The predicted octanol–water partition coefficient (Wildman–Crippen LogP) is 2.70. The number of phenolic OH excluding ortho intramolecular Hbond substituents is 2. The van der Waals surface area contributed by atoms with Gasteiger partial charge in [0, 0.05) is 12.1 Å². The van der Waals surface area contributed by atoms with Gasteiger partial charge in [-0.05, 0) is 42.5 Å². The minimum absolute atomic E-state index is 0.124. The second-order valence-corrected chi connectivity index (χ2v) is 9.15. The van der Waals surface area contributed by atoms with Crippen LogP contribution in [0, 0.1) is 0 Å². The number of anilines is 2. The molecular weight excluding hydrogens is 404 g/mol. The molecule has 0 aromatic heterocycles. The molecule has 28 heavy (non-hydrogen) atoms. The van der Waals surface area contributed by atoms with Crippen LogP contribution in [0.5, 0.6) is 11.5 Å². The number of sulfonamides is 2. The highest BCUT2D eigenvalue weighted by Crippen LogP contribution is 2.24. The second-order valence-electron chi connectivity index (χ2n) is 5.79. The number of phenols is 2. The van der Waals surface area contributed by atoms with Crippen LogP contribution >= 0.6 is 0 Å². The molecule has 146 valence electrons. The van der Waals surface area contributed by atoms with Crippen molar-refractivity contribution in [3.05, 3.63) is 72.8 Å². The maximum atomic E-state index is 12.4. The second kappa shape index (κ2) is 7.41. The van der Waals surface area contributed by atoms with E-state index >= 15 is 0 Å². The fourth-order valence-electron chi connectivity index (χ4n) is 2.38. The van der Waals surface area contributed by atoms with Crippen LogP contribution in [0.15, 0.2) is 82.6 Å². The zero-order chi connectivity index (χ0) is 20.4. The molecule has 0 heterocycles. The Morgan fingerprint density at radius 3 is 1.36 bits per heavy atom. The molecule has 3 aromatic rings. The average molecular weight is 420 g/mol. The normalized spacial score (nSPS) is 11.7. The molecule has 0 atom stereocenters. The first-order valence-corrected chi connectivity index (χ1v) is 10.9. The van der Waals surface area contributed by atoms with Crippen molar-refractivity contribution in [2.45, 2.75) is 9.79 Å². The maximum absolute atomic E-state index is 12.4. The van der Waals surface area contributed by atoms with Gasteiger partial charge in [-0.15, -0.1) is 0 Å². The molecule has 10 heteroatoms. The van der Waals surface area contributed by atoms with Gasteiger partial charge in [-0.3, -0.25) is 9.44 Å². The smallest absolute Gasteiger partial charge is 0.262 e. The monoisotopic (exact) mass is 420 g/mol. The number of aromatic hydroxyl groups is 2. The molecule has 4 N–H and O–H groups in total. The van der Waals surface area contributed by atoms with Crippen molar-refractivity contribution in [1.82, 2.24) is 0 Å². The molecule has 0 aliphatic heterocycles. The van der Waals surface area contributed by atoms with E-state index in [2.05, 4.69) is 9.44 Å². The molecular formula is C18H16N2O6S2. The molecule has 0 aliphatic rings. The van der Waals surface area contributed by atoms with Crippen molar-refractivity contribution < 1.29 is 27.0 Å². The number of rotatable bonds is 6. The summed E-state index contributed by atoms with van der Waals surface area (Å²) in [6, 6.07) is 16.0. The Kier molecular flexibility index (Phi) is 5.16. The summed E-state index contributed by atoms with van der Waals surface area (Å²) in [7, 11) is -7.95. The molecule has 8 nitrogen and oxygen atoms in total. The van der Waals surface area contributed by atoms with Crippen LogP contribution in [0.4, 0.5) is 11.4 Å². The fraction of sp³-hybridized carbons (Fsp3) is 0. The SMILES string of the molecule is O=S(=O)(Nc1cccc(NS(=O)(=O)c2cccc(O)c2)c1)c1cccc(O)c1. The summed E-state index contributed by atoms with van der Waals surface area (Å²) in [5, 5.41) is 18.9. The molecule has 3 rings (SSSR count). The highest BCUT2D eigenvalue weighted by molar-refractivity contribution is 7.93. The zero-order valence-electron chi connectivity index (χ0n) is 14.3. The molecule has 0 unspecified atom stereocenters. The Labute approximate surface area is 162 Å². The third-order valence-electron chi connectivity index (χ3n) is 3.62. The quantitative estimate of drug-likeness (QED) is 0.485. The van der Waals surface area contributed by atoms with E-state index in [9.17, 15) is 27.0 Å². The Morgan fingerprint density at radius 1 is 0.571 bits per heavy atom. The van der Waals surface area contributed by atoms with Gasteiger partial charge in [0.15, 0.2) is 0 Å². The number of hydrogen-bond donors (Lipinski definition) is 4. The molecule has 0 saturated heterocycles. The van der Waals surface area contributed by atoms with E-state index < -0.39 is 20.0 Å². The van der Waals surface area contributed by atoms with Crippen LogP contribution in [-0.2, 0) is 20.0 Å². The summed E-state index contributed by atoms with van der Waals surface area (Å²) >= 11 is 0. The first-order chi connectivity index (χ1) is 13.2. The lowest BCUT2D eigenvalue weighted by Crippen LogP contribution is -2.15. The Hall–Kier alpha value is -3.24. The lowest BCUT2D eigenvalue weighted by molar-refractivity contribution is 0.473. The van der Waals surface area contributed by atoms with Crippen molar-refractivity contribution >= 4 is 31.4 Å². The van der Waals surface area contributed by atoms with Gasteiger partial charge < -0.3 is 10.2 Å². The van der Waals surface area contributed by atoms with E-state index in [4.69, 9.17) is 0 Å². The van der Waals surface area contributed by atoms with Crippen LogP contribution in [0.2, 0.25) is 0 Å². The third kappa shape index (κ3) is 4.53. The Balaban J connectivity index is 1.85. The van der Waals surface area contributed by atoms with Crippen molar-refractivity contribution in [2.75, 3.05) is 9.44 Å². The Morgan fingerprint density at radius 2 is 0.964 bits per heavy atom. The van der Waals surface area contributed by atoms with Gasteiger partial charge >= 0.3 is 0 Å². The van der Waals surface area contributed by atoms with Gasteiger partial charge in [0.1, 0.15) is 11.5 Å². The molecule has 0 saturated carbocycles. The average Bonchev–Trinajstić information content (AvgIpc) is 2.61. The summed E-state index contributed by atoms with van der Waals surface area (Å²) in [5.74, 6) is -0.397. The largest absolute Gasteiger partial charge is 0.508 e. The minimum atomic E-state index is -3.97. The molecule has 0 radical (unpaired) electrons. The minimum Gasteiger partial charge on any atom is -0.508 e. The van der Waals surface area contributed by atoms with Gasteiger partial charge in [0.05, 0.1) is 21.2 Å². The van der Waals surface area contributed by atoms with Crippen molar-refractivity contribution in [3.63, 3.8) is 0 Å². The summed E-state index contributed by atoms with van der Waals surface area (Å²) in [6.07, 6.45) is 0. The summed E-state index contributed by atoms with van der Waals surface area (Å²) < 4.78 is 54.3. The summed E-state index contributed by atoms with van der Waals surface area (Å²) in [4.78, 5) is -0.281. The van der Waals surface area contributed by atoms with E-state index in [-0.39, 0.29) is 32.7 Å². The fourth-order valence-corrected chi connectivity index (χ4v) is 4.55. The third-order valence-corrected chi connectivity index (χ3v) is 6.38. The highest BCUT2D eigenvalue weighted by Gasteiger charge is 2.17. The van der Waals surface area contributed by atoms with Crippen LogP contribution < -0.4 is 9.44 Å². The van der Waals surface area contributed by atoms with E-state index in [1.54, 1.807) is 0 Å². The van der Waals surface area contributed by atoms with Gasteiger partial charge in [0.25, 0.3) is 20.0 Å². The van der Waals surface area contributed by atoms with Crippen LogP contribution in [0.1, 0.15) is 0 Å². The lowest BCUT2D eigenvalue weighted by Gasteiger charge is -2.12. The standard InChI is InChI=1S/C18H16N2O6S2/c21-15-6-2-8-17(11-15)27(23,24)19-13-4-1-5-14(10-13)20-28(25,26)18-9-3-7-16(22)12-18/h1-12,19-22H. The van der Waals surface area contributed by atoms with E-state index in [1.807, 2.05) is 0 Å². The molecule has 0 fully saturated rings. The summed E-state index contributed by atoms with van der Waals surface area (Å²) in [6.45, 7) is 0. The zero-order valence-corrected chi connectivity index (χ0v) is 15.9. The van der Waals surface area contributed by atoms with Crippen molar-refractivity contribution in [2.24, 2.45) is 0 Å². The molecule has 0 spiro atoms. The van der Waals surface area contributed by atoms with E-state index in [0.717, 1.165) is 12.1 Å². The number of nitrogens with one attached hydrogen (secondary N) is 2. The first-order valence-electron chi connectivity index (χ1n) is 7.89. The molecule has 0 amide bonds. The van der Waals surface area contributed by atoms with Crippen LogP contribution in [0.3, 0.4) is 0 Å². The molecule has 0 bridgehead atoms. The van der Waals surface area contributed by atoms with E-state index in [0.29, 0.717) is 0 Å². The number of hydrogen-bond acceptors (Lipinski definition) is 6. The Bertz CT molecular complexity index is 1130. The maximum Gasteiger partial charge on any atom is 0.262 e. The summed E-state index contributed by atoms with van der Waals surface area (Å²) in [5.41, 5.74) is 0.249. The lowest BCUT2D eigenvalue weighted by atomic mass is 10.3.